The molecule has 2 aromatic carbocycles. The number of nitrogens with zero attached hydrogens (tertiary/aromatic N) is 1. The van der Waals surface area contributed by atoms with Crippen LogP contribution in [0.3, 0.4) is 0 Å². The fourth-order valence-corrected chi connectivity index (χ4v) is 3.72. The Morgan fingerprint density at radius 1 is 1.15 bits per heavy atom. The minimum absolute atomic E-state index is 0.134. The van der Waals surface area contributed by atoms with E-state index in [-0.39, 0.29) is 11.8 Å². The summed E-state index contributed by atoms with van der Waals surface area (Å²) in [5, 5.41) is 4.03. The minimum Gasteiger partial charge on any atom is -0.330 e. The Morgan fingerprint density at radius 2 is 1.89 bits per heavy atom. The molecule has 0 bridgehead atoms. The SMILES string of the molecule is Cc1c(Cl)cccc1NC(=O)N1CCC[NH+](Cc2c(F)cccc2Cl)CC1. The summed E-state index contributed by atoms with van der Waals surface area (Å²) in [4.78, 5) is 15.7. The van der Waals surface area contributed by atoms with Crippen LogP contribution in [0.5, 0.6) is 0 Å². The number of urea groups is 1. The number of halogens is 3. The average molecular weight is 411 g/mol. The van der Waals surface area contributed by atoms with Crippen LogP contribution in [0.25, 0.3) is 0 Å². The Morgan fingerprint density at radius 3 is 2.67 bits per heavy atom. The molecule has 0 aliphatic carbocycles. The molecule has 3 rings (SSSR count). The van der Waals surface area contributed by atoms with Crippen molar-refractivity contribution < 1.29 is 14.1 Å². The van der Waals surface area contributed by atoms with Crippen molar-refractivity contribution in [2.75, 3.05) is 31.5 Å². The highest BCUT2D eigenvalue weighted by Gasteiger charge is 2.23. The lowest BCUT2D eigenvalue weighted by Crippen LogP contribution is -3.11. The maximum Gasteiger partial charge on any atom is 0.322 e. The minimum atomic E-state index is -0.273. The van der Waals surface area contributed by atoms with Crippen molar-refractivity contribution in [3.63, 3.8) is 0 Å². The molecule has 1 aliphatic heterocycles. The molecule has 7 heteroatoms. The fourth-order valence-electron chi connectivity index (χ4n) is 3.32. The number of benzene rings is 2. The quantitative estimate of drug-likeness (QED) is 0.793. The van der Waals surface area contributed by atoms with Crippen LogP contribution in [0.1, 0.15) is 17.5 Å². The van der Waals surface area contributed by atoms with E-state index >= 15 is 0 Å². The molecule has 4 nitrogen and oxygen atoms in total. The van der Waals surface area contributed by atoms with Gasteiger partial charge in [-0.3, -0.25) is 0 Å². The molecule has 0 spiro atoms. The summed E-state index contributed by atoms with van der Waals surface area (Å²) in [6.45, 7) is 5.28. The number of anilines is 1. The van der Waals surface area contributed by atoms with Crippen LogP contribution < -0.4 is 10.2 Å². The first-order valence-electron chi connectivity index (χ1n) is 9.03. The monoisotopic (exact) mass is 410 g/mol. The van der Waals surface area contributed by atoms with Crippen molar-refractivity contribution in [3.05, 3.63) is 63.4 Å². The van der Waals surface area contributed by atoms with E-state index in [9.17, 15) is 9.18 Å². The van der Waals surface area contributed by atoms with Crippen LogP contribution in [0.15, 0.2) is 36.4 Å². The molecule has 1 unspecified atom stereocenters. The lowest BCUT2D eigenvalue weighted by atomic mass is 10.2. The number of hydrogen-bond donors (Lipinski definition) is 2. The second-order valence-electron chi connectivity index (χ2n) is 6.81. The first-order valence-corrected chi connectivity index (χ1v) is 9.79. The van der Waals surface area contributed by atoms with Gasteiger partial charge in [-0.2, -0.15) is 0 Å². The van der Waals surface area contributed by atoms with E-state index in [1.54, 1.807) is 23.1 Å². The van der Waals surface area contributed by atoms with E-state index < -0.39 is 0 Å². The number of amides is 2. The van der Waals surface area contributed by atoms with Crippen LogP contribution in [0.2, 0.25) is 10.0 Å². The van der Waals surface area contributed by atoms with Crippen LogP contribution in [0.4, 0.5) is 14.9 Å². The molecule has 0 radical (unpaired) electrons. The topological polar surface area (TPSA) is 36.8 Å². The number of quaternary nitrogens is 1. The summed E-state index contributed by atoms with van der Waals surface area (Å²) < 4.78 is 14.0. The zero-order valence-electron chi connectivity index (χ0n) is 15.2. The van der Waals surface area contributed by atoms with Gasteiger partial charge >= 0.3 is 6.03 Å². The Hall–Kier alpha value is -1.82. The summed E-state index contributed by atoms with van der Waals surface area (Å²) in [6.07, 6.45) is 0.851. The summed E-state index contributed by atoms with van der Waals surface area (Å²) in [5.41, 5.74) is 2.12. The highest BCUT2D eigenvalue weighted by molar-refractivity contribution is 6.32. The second kappa shape index (κ2) is 8.91. The Kier molecular flexibility index (Phi) is 6.58. The molecular weight excluding hydrogens is 388 g/mol. The van der Waals surface area contributed by atoms with Gasteiger partial charge in [-0.15, -0.1) is 0 Å². The van der Waals surface area contributed by atoms with E-state index in [4.69, 9.17) is 23.2 Å². The van der Waals surface area contributed by atoms with Gasteiger partial charge in [-0.05, 0) is 36.8 Å². The molecule has 2 N–H and O–H groups in total. The molecule has 1 aliphatic rings. The number of carbonyl (C=O) groups is 1. The lowest BCUT2D eigenvalue weighted by Gasteiger charge is -2.21. The summed E-state index contributed by atoms with van der Waals surface area (Å²) >= 11 is 12.3. The third-order valence-electron chi connectivity index (χ3n) is 4.98. The van der Waals surface area contributed by atoms with Crippen molar-refractivity contribution in [1.29, 1.82) is 0 Å². The van der Waals surface area contributed by atoms with Gasteiger partial charge in [-0.1, -0.05) is 35.3 Å². The van der Waals surface area contributed by atoms with Crippen molar-refractivity contribution in [2.45, 2.75) is 19.9 Å². The lowest BCUT2D eigenvalue weighted by molar-refractivity contribution is -0.912. The van der Waals surface area contributed by atoms with Crippen molar-refractivity contribution >= 4 is 34.9 Å². The van der Waals surface area contributed by atoms with Gasteiger partial charge in [0.15, 0.2) is 0 Å². The molecule has 1 saturated heterocycles. The zero-order chi connectivity index (χ0) is 19.4. The molecule has 1 heterocycles. The highest BCUT2D eigenvalue weighted by Crippen LogP contribution is 2.23. The average Bonchev–Trinajstić information content (AvgIpc) is 2.88. The van der Waals surface area contributed by atoms with Crippen molar-refractivity contribution in [3.8, 4) is 0 Å². The van der Waals surface area contributed by atoms with Crippen LogP contribution in [-0.2, 0) is 6.54 Å². The number of nitrogens with one attached hydrogen (secondary N) is 2. The standard InChI is InChI=1S/C20H22Cl2FN3O/c1-14-16(21)5-3-8-19(14)24-20(27)26-10-4-9-25(11-12-26)13-15-17(22)6-2-7-18(15)23/h2-3,5-8H,4,9-13H2,1H3,(H,24,27)/p+1. The zero-order valence-corrected chi connectivity index (χ0v) is 16.7. The predicted molar refractivity (Wildman–Crippen MR) is 107 cm³/mol. The Bertz CT molecular complexity index is 811. The summed E-state index contributed by atoms with van der Waals surface area (Å²) in [7, 11) is 0. The predicted octanol–water partition coefficient (Wildman–Crippen LogP) is 3.76. The molecule has 1 atom stereocenters. The molecule has 2 amide bonds. The Balaban J connectivity index is 1.61. The van der Waals surface area contributed by atoms with Gasteiger partial charge in [0.05, 0.1) is 30.2 Å². The molecule has 27 heavy (non-hydrogen) atoms. The molecule has 0 aromatic heterocycles. The number of rotatable bonds is 3. The first kappa shape index (κ1) is 19.9. The maximum atomic E-state index is 14.0. The number of hydrogen-bond acceptors (Lipinski definition) is 1. The van der Waals surface area contributed by atoms with E-state index in [0.717, 1.165) is 30.8 Å². The fraction of sp³-hybridized carbons (Fsp3) is 0.350. The van der Waals surface area contributed by atoms with E-state index in [0.29, 0.717) is 35.2 Å². The van der Waals surface area contributed by atoms with E-state index in [2.05, 4.69) is 5.32 Å². The second-order valence-corrected chi connectivity index (χ2v) is 7.62. The normalized spacial score (nSPS) is 17.5. The van der Waals surface area contributed by atoms with Crippen LogP contribution >= 0.6 is 23.2 Å². The Labute approximate surface area is 168 Å². The molecule has 2 aromatic rings. The maximum absolute atomic E-state index is 14.0. The third-order valence-corrected chi connectivity index (χ3v) is 5.74. The van der Waals surface area contributed by atoms with Gasteiger partial charge in [0.25, 0.3) is 0 Å². The van der Waals surface area contributed by atoms with Crippen LogP contribution in [-0.4, -0.2) is 37.1 Å². The molecular formula is C20H23Cl2FN3O+. The van der Waals surface area contributed by atoms with Gasteiger partial charge < -0.3 is 15.1 Å². The number of carbonyl (C=O) groups excluding carboxylic acids is 1. The molecule has 1 fully saturated rings. The van der Waals surface area contributed by atoms with Crippen molar-refractivity contribution in [1.82, 2.24) is 4.90 Å². The van der Waals surface area contributed by atoms with Gasteiger partial charge in [-0.25, -0.2) is 9.18 Å². The highest BCUT2D eigenvalue weighted by atomic mass is 35.5. The smallest absolute Gasteiger partial charge is 0.322 e. The third kappa shape index (κ3) is 4.92. The first-order chi connectivity index (χ1) is 13.0. The largest absolute Gasteiger partial charge is 0.330 e. The van der Waals surface area contributed by atoms with Crippen molar-refractivity contribution in [2.24, 2.45) is 0 Å². The van der Waals surface area contributed by atoms with Gasteiger partial charge in [0.1, 0.15) is 12.4 Å². The van der Waals surface area contributed by atoms with E-state index in [1.165, 1.54) is 11.0 Å². The van der Waals surface area contributed by atoms with Gasteiger partial charge in [0, 0.05) is 23.7 Å². The molecule has 144 valence electrons. The summed E-state index contributed by atoms with van der Waals surface area (Å²) in [5.74, 6) is -0.273. The summed E-state index contributed by atoms with van der Waals surface area (Å²) in [6, 6.07) is 10.1. The molecule has 0 saturated carbocycles. The van der Waals surface area contributed by atoms with Gasteiger partial charge in [0.2, 0.25) is 0 Å². The van der Waals surface area contributed by atoms with E-state index in [1.807, 2.05) is 19.1 Å². The van der Waals surface area contributed by atoms with Crippen LogP contribution in [0, 0.1) is 12.7 Å².